The molecule has 4 heteroatoms. The molecule has 94 valence electrons. The SMILES string of the molecule is CCC(=O)NCC(O)COc1ccccc1C. The molecule has 0 aliphatic heterocycles. The number of aliphatic hydroxyl groups is 1. The van der Waals surface area contributed by atoms with Crippen molar-refractivity contribution in [3.63, 3.8) is 0 Å². The number of carbonyl (C=O) groups is 1. The molecule has 0 aromatic heterocycles. The van der Waals surface area contributed by atoms with Gasteiger partial charge in [-0.3, -0.25) is 4.79 Å². The van der Waals surface area contributed by atoms with E-state index in [0.717, 1.165) is 11.3 Å². The lowest BCUT2D eigenvalue weighted by molar-refractivity contribution is -0.121. The second-order valence-corrected chi connectivity index (χ2v) is 3.89. The quantitative estimate of drug-likeness (QED) is 0.783. The van der Waals surface area contributed by atoms with Gasteiger partial charge in [0.1, 0.15) is 18.5 Å². The molecule has 1 amide bonds. The Morgan fingerprint density at radius 3 is 2.82 bits per heavy atom. The van der Waals surface area contributed by atoms with Crippen LogP contribution in [0.25, 0.3) is 0 Å². The van der Waals surface area contributed by atoms with E-state index < -0.39 is 6.10 Å². The zero-order valence-corrected chi connectivity index (χ0v) is 10.3. The van der Waals surface area contributed by atoms with Crippen LogP contribution >= 0.6 is 0 Å². The summed E-state index contributed by atoms with van der Waals surface area (Å²) in [4.78, 5) is 11.0. The molecule has 0 aliphatic carbocycles. The molecular formula is C13H19NO3. The van der Waals surface area contributed by atoms with Crippen LogP contribution in [-0.4, -0.2) is 30.3 Å². The predicted octanol–water partition coefficient (Wildman–Crippen LogP) is 1.26. The van der Waals surface area contributed by atoms with Crippen molar-refractivity contribution in [2.75, 3.05) is 13.2 Å². The van der Waals surface area contributed by atoms with Crippen LogP contribution in [0.15, 0.2) is 24.3 Å². The molecular weight excluding hydrogens is 218 g/mol. The van der Waals surface area contributed by atoms with Crippen LogP contribution in [0, 0.1) is 6.92 Å². The molecule has 2 N–H and O–H groups in total. The van der Waals surface area contributed by atoms with Gasteiger partial charge in [0.25, 0.3) is 0 Å². The van der Waals surface area contributed by atoms with Crippen molar-refractivity contribution in [1.82, 2.24) is 5.32 Å². The third-order valence-electron chi connectivity index (χ3n) is 2.38. The van der Waals surface area contributed by atoms with E-state index in [1.807, 2.05) is 31.2 Å². The van der Waals surface area contributed by atoms with Crippen molar-refractivity contribution in [3.8, 4) is 5.75 Å². The van der Waals surface area contributed by atoms with Gasteiger partial charge in [-0.1, -0.05) is 25.1 Å². The Morgan fingerprint density at radius 1 is 1.47 bits per heavy atom. The maximum absolute atomic E-state index is 11.0. The summed E-state index contributed by atoms with van der Waals surface area (Å²) in [5.41, 5.74) is 1.03. The van der Waals surface area contributed by atoms with Crippen LogP contribution in [-0.2, 0) is 4.79 Å². The highest BCUT2D eigenvalue weighted by Crippen LogP contribution is 2.16. The van der Waals surface area contributed by atoms with E-state index in [0.29, 0.717) is 6.42 Å². The molecule has 1 rings (SSSR count). The molecule has 1 atom stereocenters. The first-order chi connectivity index (χ1) is 8.13. The van der Waals surface area contributed by atoms with E-state index in [9.17, 15) is 9.90 Å². The minimum atomic E-state index is -0.690. The summed E-state index contributed by atoms with van der Waals surface area (Å²) in [6.45, 7) is 4.11. The van der Waals surface area contributed by atoms with Crippen molar-refractivity contribution < 1.29 is 14.6 Å². The number of benzene rings is 1. The molecule has 4 nitrogen and oxygen atoms in total. The summed E-state index contributed by atoms with van der Waals surface area (Å²) in [5.74, 6) is 0.688. The number of ether oxygens (including phenoxy) is 1. The van der Waals surface area contributed by atoms with Gasteiger partial charge in [0, 0.05) is 13.0 Å². The van der Waals surface area contributed by atoms with Crippen LogP contribution in [0.2, 0.25) is 0 Å². The van der Waals surface area contributed by atoms with Crippen LogP contribution in [0.4, 0.5) is 0 Å². The number of nitrogens with one attached hydrogen (secondary N) is 1. The summed E-state index contributed by atoms with van der Waals surface area (Å²) < 4.78 is 5.46. The molecule has 0 radical (unpaired) electrons. The third kappa shape index (κ3) is 4.87. The van der Waals surface area contributed by atoms with E-state index in [1.165, 1.54) is 0 Å². The van der Waals surface area contributed by atoms with Crippen LogP contribution in [0.1, 0.15) is 18.9 Å². The molecule has 0 fully saturated rings. The van der Waals surface area contributed by atoms with Gasteiger partial charge in [0.2, 0.25) is 5.91 Å². The fourth-order valence-electron chi connectivity index (χ4n) is 1.32. The Kier molecular flexibility index (Phi) is 5.49. The first-order valence-corrected chi connectivity index (χ1v) is 5.76. The number of hydrogen-bond donors (Lipinski definition) is 2. The summed E-state index contributed by atoms with van der Waals surface area (Å²) >= 11 is 0. The number of para-hydroxylation sites is 1. The first-order valence-electron chi connectivity index (χ1n) is 5.76. The maximum Gasteiger partial charge on any atom is 0.219 e. The molecule has 17 heavy (non-hydrogen) atoms. The number of amides is 1. The molecule has 0 aliphatic rings. The van der Waals surface area contributed by atoms with Gasteiger partial charge in [0.15, 0.2) is 0 Å². The molecule has 0 heterocycles. The molecule has 0 saturated carbocycles. The lowest BCUT2D eigenvalue weighted by Gasteiger charge is -2.14. The van der Waals surface area contributed by atoms with Gasteiger partial charge in [-0.2, -0.15) is 0 Å². The predicted molar refractivity (Wildman–Crippen MR) is 66.0 cm³/mol. The Balaban J connectivity index is 2.31. The summed E-state index contributed by atoms with van der Waals surface area (Å²) in [5, 5.41) is 12.2. The average Bonchev–Trinajstić information content (AvgIpc) is 2.35. The van der Waals surface area contributed by atoms with Crippen molar-refractivity contribution in [1.29, 1.82) is 0 Å². The zero-order valence-electron chi connectivity index (χ0n) is 10.3. The van der Waals surface area contributed by atoms with Crippen molar-refractivity contribution in [2.24, 2.45) is 0 Å². The van der Waals surface area contributed by atoms with E-state index in [2.05, 4.69) is 5.32 Å². The van der Waals surface area contributed by atoms with E-state index in [4.69, 9.17) is 4.74 Å². The highest BCUT2D eigenvalue weighted by Gasteiger charge is 2.07. The Morgan fingerprint density at radius 2 is 2.18 bits per heavy atom. The molecule has 1 unspecified atom stereocenters. The summed E-state index contributed by atoms with van der Waals surface area (Å²) in [6.07, 6.45) is -0.268. The first kappa shape index (κ1) is 13.5. The number of aliphatic hydroxyl groups excluding tert-OH is 1. The van der Waals surface area contributed by atoms with Crippen molar-refractivity contribution in [2.45, 2.75) is 26.4 Å². The molecule has 0 spiro atoms. The molecule has 0 saturated heterocycles. The molecule has 1 aromatic carbocycles. The normalized spacial score (nSPS) is 11.9. The maximum atomic E-state index is 11.0. The number of aryl methyl sites for hydroxylation is 1. The summed E-state index contributed by atoms with van der Waals surface area (Å²) in [6, 6.07) is 7.61. The van der Waals surface area contributed by atoms with Gasteiger partial charge in [0.05, 0.1) is 0 Å². The smallest absolute Gasteiger partial charge is 0.219 e. The monoisotopic (exact) mass is 237 g/mol. The second-order valence-electron chi connectivity index (χ2n) is 3.89. The Hall–Kier alpha value is -1.55. The largest absolute Gasteiger partial charge is 0.491 e. The number of carbonyl (C=O) groups excluding carboxylic acids is 1. The average molecular weight is 237 g/mol. The lowest BCUT2D eigenvalue weighted by Crippen LogP contribution is -2.34. The highest BCUT2D eigenvalue weighted by atomic mass is 16.5. The Labute approximate surface area is 102 Å². The minimum Gasteiger partial charge on any atom is -0.491 e. The molecule has 0 bridgehead atoms. The van der Waals surface area contributed by atoms with E-state index >= 15 is 0 Å². The standard InChI is InChI=1S/C13H19NO3/c1-3-13(16)14-8-11(15)9-17-12-7-5-4-6-10(12)2/h4-7,11,15H,3,8-9H2,1-2H3,(H,14,16). The number of rotatable bonds is 6. The second kappa shape index (κ2) is 6.91. The Bertz CT molecular complexity index is 365. The van der Waals surface area contributed by atoms with Crippen LogP contribution in [0.5, 0.6) is 5.75 Å². The van der Waals surface area contributed by atoms with Gasteiger partial charge in [-0.15, -0.1) is 0 Å². The van der Waals surface area contributed by atoms with Crippen LogP contribution < -0.4 is 10.1 Å². The fraction of sp³-hybridized carbons (Fsp3) is 0.462. The van der Waals surface area contributed by atoms with Gasteiger partial charge >= 0.3 is 0 Å². The van der Waals surface area contributed by atoms with Gasteiger partial charge in [-0.05, 0) is 18.6 Å². The van der Waals surface area contributed by atoms with E-state index in [-0.39, 0.29) is 19.1 Å². The third-order valence-corrected chi connectivity index (χ3v) is 2.38. The fourth-order valence-corrected chi connectivity index (χ4v) is 1.32. The van der Waals surface area contributed by atoms with Gasteiger partial charge < -0.3 is 15.2 Å². The lowest BCUT2D eigenvalue weighted by atomic mass is 10.2. The molecule has 1 aromatic rings. The van der Waals surface area contributed by atoms with E-state index in [1.54, 1.807) is 6.92 Å². The minimum absolute atomic E-state index is 0.0695. The zero-order chi connectivity index (χ0) is 12.7. The van der Waals surface area contributed by atoms with Crippen molar-refractivity contribution >= 4 is 5.91 Å². The highest BCUT2D eigenvalue weighted by molar-refractivity contribution is 5.75. The summed E-state index contributed by atoms with van der Waals surface area (Å²) in [7, 11) is 0. The van der Waals surface area contributed by atoms with Crippen LogP contribution in [0.3, 0.4) is 0 Å². The van der Waals surface area contributed by atoms with Crippen molar-refractivity contribution in [3.05, 3.63) is 29.8 Å². The number of hydrogen-bond acceptors (Lipinski definition) is 3. The topological polar surface area (TPSA) is 58.6 Å². The van der Waals surface area contributed by atoms with Gasteiger partial charge in [-0.25, -0.2) is 0 Å².